The first-order valence-electron chi connectivity index (χ1n) is 11.8. The lowest BCUT2D eigenvalue weighted by molar-refractivity contribution is -0.178. The third kappa shape index (κ3) is 6.68. The van der Waals surface area contributed by atoms with E-state index in [4.69, 9.17) is 4.74 Å². The topological polar surface area (TPSA) is 111 Å². The zero-order valence-electron chi connectivity index (χ0n) is 20.1. The second kappa shape index (κ2) is 12.0. The molecule has 190 valence electrons. The van der Waals surface area contributed by atoms with E-state index in [0.29, 0.717) is 36.7 Å². The van der Waals surface area contributed by atoms with E-state index in [1.165, 1.54) is 31.4 Å². The highest BCUT2D eigenvalue weighted by Gasteiger charge is 2.32. The third-order valence-electron chi connectivity index (χ3n) is 6.62. The molecular formula is C23H36N4O6S. The summed E-state index contributed by atoms with van der Waals surface area (Å²) in [7, 11) is -0.605. The predicted octanol–water partition coefficient (Wildman–Crippen LogP) is 1.40. The lowest BCUT2D eigenvalue weighted by Gasteiger charge is -2.33. The van der Waals surface area contributed by atoms with Gasteiger partial charge in [0, 0.05) is 39.1 Å². The summed E-state index contributed by atoms with van der Waals surface area (Å²) in [5.74, 6) is -0.328. The lowest BCUT2D eigenvalue weighted by Crippen LogP contribution is -2.49. The molecule has 1 aromatic carbocycles. The number of rotatable bonds is 9. The van der Waals surface area contributed by atoms with Gasteiger partial charge in [-0.2, -0.15) is 4.31 Å². The summed E-state index contributed by atoms with van der Waals surface area (Å²) in [5, 5.41) is 11.2. The van der Waals surface area contributed by atoms with Gasteiger partial charge in [0.25, 0.3) is 5.91 Å². The predicted molar refractivity (Wildman–Crippen MR) is 126 cm³/mol. The molecular weight excluding hydrogens is 460 g/mol. The fourth-order valence-electron chi connectivity index (χ4n) is 4.37. The van der Waals surface area contributed by atoms with Crippen LogP contribution in [0, 0.1) is 0 Å². The summed E-state index contributed by atoms with van der Waals surface area (Å²) in [6.07, 6.45) is 4.24. The van der Waals surface area contributed by atoms with Gasteiger partial charge >= 0.3 is 0 Å². The van der Waals surface area contributed by atoms with Crippen molar-refractivity contribution in [2.24, 2.45) is 0 Å². The fraction of sp³-hybridized carbons (Fsp3) is 0.652. The number of amides is 2. The summed E-state index contributed by atoms with van der Waals surface area (Å²) >= 11 is 0. The van der Waals surface area contributed by atoms with Crippen molar-refractivity contribution in [1.29, 1.82) is 0 Å². The van der Waals surface area contributed by atoms with E-state index in [1.807, 2.05) is 7.05 Å². The highest BCUT2D eigenvalue weighted by molar-refractivity contribution is 7.89. The van der Waals surface area contributed by atoms with E-state index in [1.54, 1.807) is 4.90 Å². The number of sulfonamides is 1. The van der Waals surface area contributed by atoms with Crippen LogP contribution in [0.5, 0.6) is 5.75 Å². The monoisotopic (exact) mass is 496 g/mol. The van der Waals surface area contributed by atoms with Crippen LogP contribution < -0.4 is 4.74 Å². The van der Waals surface area contributed by atoms with Crippen LogP contribution in [0.1, 0.15) is 38.5 Å². The molecule has 1 saturated heterocycles. The summed E-state index contributed by atoms with van der Waals surface area (Å²) in [5.41, 5.74) is 0. The van der Waals surface area contributed by atoms with E-state index >= 15 is 0 Å². The number of hydrogen-bond donors (Lipinski definition) is 1. The number of carbonyl (C=O) groups is 2. The van der Waals surface area contributed by atoms with E-state index in [-0.39, 0.29) is 29.8 Å². The Morgan fingerprint density at radius 3 is 2.26 bits per heavy atom. The van der Waals surface area contributed by atoms with Gasteiger partial charge in [-0.05, 0) is 44.2 Å². The number of hydroxylamine groups is 2. The van der Waals surface area contributed by atoms with E-state index in [0.717, 1.165) is 36.7 Å². The molecule has 0 bridgehead atoms. The van der Waals surface area contributed by atoms with Gasteiger partial charge in [-0.3, -0.25) is 14.8 Å². The molecule has 1 heterocycles. The van der Waals surface area contributed by atoms with Crippen molar-refractivity contribution in [3.05, 3.63) is 24.3 Å². The molecule has 0 spiro atoms. The minimum absolute atomic E-state index is 0.00435. The number of nitrogens with zero attached hydrogens (tertiary/aromatic N) is 4. The van der Waals surface area contributed by atoms with E-state index < -0.39 is 22.5 Å². The molecule has 10 nitrogen and oxygen atoms in total. The quantitative estimate of drug-likeness (QED) is 0.406. The Morgan fingerprint density at radius 2 is 1.68 bits per heavy atom. The molecule has 2 amide bonds. The normalized spacial score (nSPS) is 18.2. The van der Waals surface area contributed by atoms with E-state index in [2.05, 4.69) is 4.90 Å². The van der Waals surface area contributed by atoms with Crippen LogP contribution in [-0.2, 0) is 19.6 Å². The number of methoxy groups -OCH3 is 1. The van der Waals surface area contributed by atoms with Gasteiger partial charge in [0.1, 0.15) is 5.75 Å². The Balaban J connectivity index is 1.74. The van der Waals surface area contributed by atoms with Crippen molar-refractivity contribution >= 4 is 21.8 Å². The number of piperazine rings is 1. The second-order valence-electron chi connectivity index (χ2n) is 8.98. The molecule has 1 aliphatic heterocycles. The molecule has 1 aliphatic carbocycles. The SMILES string of the molecule is COc1ccc(S(=O)(=O)N(CCC(=O)N2CCN(C)CC2)CC(=O)N(O)C2CCCCC2)cc1. The first-order valence-corrected chi connectivity index (χ1v) is 13.3. The van der Waals surface area contributed by atoms with Crippen LogP contribution in [0.15, 0.2) is 29.2 Å². The highest BCUT2D eigenvalue weighted by Crippen LogP contribution is 2.23. The van der Waals surface area contributed by atoms with Crippen molar-refractivity contribution in [1.82, 2.24) is 19.2 Å². The first kappa shape index (κ1) is 26.4. The average molecular weight is 497 g/mol. The summed E-state index contributed by atoms with van der Waals surface area (Å²) < 4.78 is 32.9. The summed E-state index contributed by atoms with van der Waals surface area (Å²) in [6.45, 7) is 2.02. The molecule has 3 rings (SSSR count). The van der Waals surface area contributed by atoms with Crippen molar-refractivity contribution in [3.8, 4) is 5.75 Å². The first-order chi connectivity index (χ1) is 16.2. The van der Waals surface area contributed by atoms with Crippen LogP contribution in [0.25, 0.3) is 0 Å². The molecule has 0 atom stereocenters. The maximum atomic E-state index is 13.4. The Hall–Kier alpha value is -2.21. The molecule has 2 aliphatic rings. The number of likely N-dealkylation sites (N-methyl/N-ethyl adjacent to an activating group) is 1. The van der Waals surface area contributed by atoms with Crippen molar-refractivity contribution in [2.75, 3.05) is 53.4 Å². The van der Waals surface area contributed by atoms with Gasteiger partial charge in [0.05, 0.1) is 24.6 Å². The Kier molecular flexibility index (Phi) is 9.29. The number of carbonyl (C=O) groups excluding carboxylic acids is 2. The largest absolute Gasteiger partial charge is 0.497 e. The Morgan fingerprint density at radius 1 is 1.06 bits per heavy atom. The minimum Gasteiger partial charge on any atom is -0.497 e. The lowest BCUT2D eigenvalue weighted by atomic mass is 9.95. The van der Waals surface area contributed by atoms with Gasteiger partial charge in [-0.15, -0.1) is 0 Å². The minimum atomic E-state index is -4.08. The molecule has 34 heavy (non-hydrogen) atoms. The van der Waals surface area contributed by atoms with Crippen molar-refractivity contribution < 1.29 is 28.0 Å². The van der Waals surface area contributed by atoms with Crippen molar-refractivity contribution in [2.45, 2.75) is 49.5 Å². The molecule has 0 unspecified atom stereocenters. The summed E-state index contributed by atoms with van der Waals surface area (Å²) in [4.78, 5) is 29.5. The molecule has 0 radical (unpaired) electrons. The molecule has 11 heteroatoms. The van der Waals surface area contributed by atoms with Gasteiger partial charge in [-0.1, -0.05) is 19.3 Å². The van der Waals surface area contributed by atoms with E-state index in [9.17, 15) is 23.2 Å². The second-order valence-corrected chi connectivity index (χ2v) is 10.9. The molecule has 0 aromatic heterocycles. The zero-order valence-corrected chi connectivity index (χ0v) is 20.9. The van der Waals surface area contributed by atoms with Gasteiger partial charge in [0.15, 0.2) is 0 Å². The van der Waals surface area contributed by atoms with Gasteiger partial charge in [0.2, 0.25) is 15.9 Å². The van der Waals surface area contributed by atoms with Crippen LogP contribution in [0.3, 0.4) is 0 Å². The number of ether oxygens (including phenoxy) is 1. The molecule has 1 aromatic rings. The van der Waals surface area contributed by atoms with Gasteiger partial charge in [-0.25, -0.2) is 13.5 Å². The number of benzene rings is 1. The van der Waals surface area contributed by atoms with Gasteiger partial charge < -0.3 is 14.5 Å². The fourth-order valence-corrected chi connectivity index (χ4v) is 5.76. The highest BCUT2D eigenvalue weighted by atomic mass is 32.2. The third-order valence-corrected chi connectivity index (χ3v) is 8.48. The summed E-state index contributed by atoms with van der Waals surface area (Å²) in [6, 6.07) is 5.57. The standard InChI is InChI=1S/C23H36N4O6S/c1-24-14-16-25(17-15-24)22(28)12-13-26(18-23(29)27(30)19-6-4-3-5-7-19)34(31,32)21-10-8-20(33-2)9-11-21/h8-11,19,30H,3-7,12-18H2,1-2H3. The van der Waals surface area contributed by atoms with Crippen LogP contribution >= 0.6 is 0 Å². The Labute approximate surface area is 202 Å². The number of hydrogen-bond acceptors (Lipinski definition) is 7. The average Bonchev–Trinajstić information content (AvgIpc) is 2.86. The van der Waals surface area contributed by atoms with Crippen LogP contribution in [0.4, 0.5) is 0 Å². The molecule has 1 N–H and O–H groups in total. The maximum Gasteiger partial charge on any atom is 0.261 e. The maximum absolute atomic E-state index is 13.4. The van der Waals surface area contributed by atoms with Crippen LogP contribution in [0.2, 0.25) is 0 Å². The zero-order chi connectivity index (χ0) is 24.7. The van der Waals surface area contributed by atoms with Crippen molar-refractivity contribution in [3.63, 3.8) is 0 Å². The Bertz CT molecular complexity index is 925. The molecule has 2 fully saturated rings. The van der Waals surface area contributed by atoms with Crippen LogP contribution in [-0.4, -0.2) is 104 Å². The smallest absolute Gasteiger partial charge is 0.261 e. The molecule has 1 saturated carbocycles.